The molecule has 1 N–H and O–H groups in total. The fraction of sp³-hybridized carbons (Fsp3) is 0.583. The molecule has 0 aromatic carbocycles. The van der Waals surface area contributed by atoms with Gasteiger partial charge in [0.05, 0.1) is 6.61 Å². The number of thioether (sulfide) groups is 1. The lowest BCUT2D eigenvalue weighted by molar-refractivity contribution is 0.288. The van der Waals surface area contributed by atoms with Crippen LogP contribution in [0, 0.1) is 0 Å². The molecule has 0 amide bonds. The average molecular weight is 241 g/mol. The molecule has 0 bridgehead atoms. The van der Waals surface area contributed by atoms with E-state index in [-0.39, 0.29) is 6.61 Å². The Morgan fingerprint density at radius 1 is 1.56 bits per heavy atom. The van der Waals surface area contributed by atoms with E-state index in [4.69, 9.17) is 9.84 Å². The van der Waals surface area contributed by atoms with Crippen LogP contribution < -0.4 is 4.74 Å². The van der Waals surface area contributed by atoms with Crippen molar-refractivity contribution < 1.29 is 9.84 Å². The van der Waals surface area contributed by atoms with Crippen LogP contribution >= 0.6 is 11.8 Å². The van der Waals surface area contributed by atoms with Crippen LogP contribution in [-0.2, 0) is 0 Å². The minimum absolute atomic E-state index is 0.214. The molecule has 0 saturated carbocycles. The zero-order valence-electron chi connectivity index (χ0n) is 9.85. The zero-order chi connectivity index (χ0) is 11.8. The molecule has 0 fully saturated rings. The lowest BCUT2D eigenvalue weighted by atomic mass is 10.3. The van der Waals surface area contributed by atoms with Gasteiger partial charge in [0.2, 0.25) is 0 Å². The Morgan fingerprint density at radius 2 is 2.38 bits per heavy atom. The molecule has 90 valence electrons. The molecule has 4 heteroatoms. The molecule has 1 unspecified atom stereocenters. The van der Waals surface area contributed by atoms with Crippen LogP contribution in [0.4, 0.5) is 0 Å². The second kappa shape index (κ2) is 7.52. The van der Waals surface area contributed by atoms with E-state index < -0.39 is 0 Å². The van der Waals surface area contributed by atoms with Crippen molar-refractivity contribution in [3.8, 4) is 5.75 Å². The lowest BCUT2D eigenvalue weighted by Crippen LogP contribution is -2.02. The molecule has 1 heterocycles. The third kappa shape index (κ3) is 4.41. The molecule has 0 aliphatic carbocycles. The third-order valence-electron chi connectivity index (χ3n) is 2.05. The van der Waals surface area contributed by atoms with Crippen LogP contribution in [0.2, 0.25) is 0 Å². The molecule has 1 atom stereocenters. The molecular formula is C12H19NO2S. The molecule has 0 radical (unpaired) electrons. The summed E-state index contributed by atoms with van der Waals surface area (Å²) in [4.78, 5) is 4.31. The SMILES string of the molecule is CCCOc1cccnc1SC(C)CCO. The fourth-order valence-electron chi connectivity index (χ4n) is 1.22. The fourth-order valence-corrected chi connectivity index (χ4v) is 2.19. The first kappa shape index (κ1) is 13.3. The highest BCUT2D eigenvalue weighted by Gasteiger charge is 2.09. The Bertz CT molecular complexity index is 307. The summed E-state index contributed by atoms with van der Waals surface area (Å²) < 4.78 is 5.62. The van der Waals surface area contributed by atoms with Gasteiger partial charge in [-0.1, -0.05) is 25.6 Å². The quantitative estimate of drug-likeness (QED) is 0.745. The maximum Gasteiger partial charge on any atom is 0.151 e. The van der Waals surface area contributed by atoms with Gasteiger partial charge in [0.25, 0.3) is 0 Å². The van der Waals surface area contributed by atoms with Crippen LogP contribution in [-0.4, -0.2) is 28.6 Å². The molecule has 1 aromatic rings. The number of hydrogen-bond acceptors (Lipinski definition) is 4. The number of nitrogens with zero attached hydrogens (tertiary/aromatic N) is 1. The number of pyridine rings is 1. The Hall–Kier alpha value is -0.740. The number of ether oxygens (including phenoxy) is 1. The van der Waals surface area contributed by atoms with Crippen molar-refractivity contribution in [1.29, 1.82) is 0 Å². The lowest BCUT2D eigenvalue weighted by Gasteiger charge is -2.12. The first-order chi connectivity index (χ1) is 7.77. The predicted molar refractivity (Wildman–Crippen MR) is 67.0 cm³/mol. The number of hydrogen-bond donors (Lipinski definition) is 1. The van der Waals surface area contributed by atoms with Crippen molar-refractivity contribution in [2.24, 2.45) is 0 Å². The van der Waals surface area contributed by atoms with Crippen LogP contribution in [0.3, 0.4) is 0 Å². The Morgan fingerprint density at radius 3 is 3.06 bits per heavy atom. The maximum atomic E-state index is 8.86. The van der Waals surface area contributed by atoms with E-state index in [0.717, 1.165) is 23.6 Å². The van der Waals surface area contributed by atoms with Crippen molar-refractivity contribution in [2.75, 3.05) is 13.2 Å². The largest absolute Gasteiger partial charge is 0.491 e. The van der Waals surface area contributed by atoms with Crippen molar-refractivity contribution in [1.82, 2.24) is 4.98 Å². The van der Waals surface area contributed by atoms with E-state index >= 15 is 0 Å². The van der Waals surface area contributed by atoms with E-state index in [1.807, 2.05) is 12.1 Å². The molecule has 1 rings (SSSR count). The van der Waals surface area contributed by atoms with E-state index in [9.17, 15) is 0 Å². The van der Waals surface area contributed by atoms with E-state index in [1.165, 1.54) is 0 Å². The molecule has 0 spiro atoms. The van der Waals surface area contributed by atoms with E-state index in [1.54, 1.807) is 18.0 Å². The van der Waals surface area contributed by atoms with Crippen LogP contribution in [0.5, 0.6) is 5.75 Å². The molecule has 3 nitrogen and oxygen atoms in total. The summed E-state index contributed by atoms with van der Waals surface area (Å²) in [7, 11) is 0. The normalized spacial score (nSPS) is 12.4. The van der Waals surface area contributed by atoms with Gasteiger partial charge < -0.3 is 9.84 Å². The van der Waals surface area contributed by atoms with Gasteiger partial charge in [-0.3, -0.25) is 0 Å². The van der Waals surface area contributed by atoms with E-state index in [2.05, 4.69) is 18.8 Å². The summed E-state index contributed by atoms with van der Waals surface area (Å²) in [6.45, 7) is 5.09. The summed E-state index contributed by atoms with van der Waals surface area (Å²) in [6, 6.07) is 3.82. The molecule has 0 saturated heterocycles. The van der Waals surface area contributed by atoms with Gasteiger partial charge in [-0.25, -0.2) is 4.98 Å². The molecule has 16 heavy (non-hydrogen) atoms. The van der Waals surface area contributed by atoms with E-state index in [0.29, 0.717) is 11.9 Å². The number of aliphatic hydroxyl groups is 1. The van der Waals surface area contributed by atoms with Gasteiger partial charge in [0.15, 0.2) is 5.75 Å². The Kier molecular flexibility index (Phi) is 6.26. The standard InChI is InChI=1S/C12H19NO2S/c1-3-9-15-11-5-4-7-13-12(11)16-10(2)6-8-14/h4-5,7,10,14H,3,6,8-9H2,1-2H3. The van der Waals surface area contributed by atoms with Gasteiger partial charge in [0.1, 0.15) is 5.03 Å². The second-order valence-corrected chi connectivity index (χ2v) is 5.02. The summed E-state index contributed by atoms with van der Waals surface area (Å²) in [5.74, 6) is 0.846. The first-order valence-corrected chi connectivity index (χ1v) is 6.51. The van der Waals surface area contributed by atoms with Crippen LogP contribution in [0.25, 0.3) is 0 Å². The van der Waals surface area contributed by atoms with Gasteiger partial charge in [-0.15, -0.1) is 0 Å². The first-order valence-electron chi connectivity index (χ1n) is 5.63. The average Bonchev–Trinajstić information content (AvgIpc) is 2.28. The third-order valence-corrected chi connectivity index (χ3v) is 3.21. The highest BCUT2D eigenvalue weighted by atomic mass is 32.2. The van der Waals surface area contributed by atoms with Crippen molar-refractivity contribution in [3.05, 3.63) is 18.3 Å². The van der Waals surface area contributed by atoms with Crippen LogP contribution in [0.15, 0.2) is 23.4 Å². The van der Waals surface area contributed by atoms with Crippen molar-refractivity contribution in [3.63, 3.8) is 0 Å². The molecular weight excluding hydrogens is 222 g/mol. The van der Waals surface area contributed by atoms with Crippen molar-refractivity contribution >= 4 is 11.8 Å². The highest BCUT2D eigenvalue weighted by Crippen LogP contribution is 2.31. The summed E-state index contributed by atoms with van der Waals surface area (Å²) in [5, 5.41) is 10.1. The van der Waals surface area contributed by atoms with Crippen LogP contribution in [0.1, 0.15) is 26.7 Å². The van der Waals surface area contributed by atoms with Gasteiger partial charge >= 0.3 is 0 Å². The van der Waals surface area contributed by atoms with Crippen molar-refractivity contribution in [2.45, 2.75) is 37.0 Å². The second-order valence-electron chi connectivity index (χ2n) is 3.60. The smallest absolute Gasteiger partial charge is 0.151 e. The minimum Gasteiger partial charge on any atom is -0.491 e. The molecule has 0 aliphatic heterocycles. The number of rotatable bonds is 7. The topological polar surface area (TPSA) is 42.4 Å². The summed E-state index contributed by atoms with van der Waals surface area (Å²) in [6.07, 6.45) is 3.53. The summed E-state index contributed by atoms with van der Waals surface area (Å²) in [5.41, 5.74) is 0. The predicted octanol–water partition coefficient (Wildman–Crippen LogP) is 2.73. The zero-order valence-corrected chi connectivity index (χ0v) is 10.7. The number of aromatic nitrogens is 1. The molecule has 1 aromatic heterocycles. The van der Waals surface area contributed by atoms with Gasteiger partial charge in [-0.05, 0) is 25.0 Å². The monoisotopic (exact) mass is 241 g/mol. The Labute approximate surface area is 101 Å². The number of aliphatic hydroxyl groups excluding tert-OH is 1. The minimum atomic E-state index is 0.214. The van der Waals surface area contributed by atoms with Gasteiger partial charge in [-0.2, -0.15) is 0 Å². The highest BCUT2D eigenvalue weighted by molar-refractivity contribution is 7.99. The Balaban J connectivity index is 2.62. The van der Waals surface area contributed by atoms with Gasteiger partial charge in [0, 0.05) is 18.1 Å². The summed E-state index contributed by atoms with van der Waals surface area (Å²) >= 11 is 1.65. The maximum absolute atomic E-state index is 8.86. The molecule has 0 aliphatic rings.